The average Bonchev–Trinajstić information content (AvgIpc) is 3.34. The second kappa shape index (κ2) is 9.08. The van der Waals surface area contributed by atoms with Crippen LogP contribution in [0, 0.1) is 6.92 Å². The number of furan rings is 1. The van der Waals surface area contributed by atoms with Crippen molar-refractivity contribution < 1.29 is 28.6 Å². The predicted octanol–water partition coefficient (Wildman–Crippen LogP) is 3.12. The van der Waals surface area contributed by atoms with Crippen LogP contribution in [0.2, 0.25) is 0 Å². The van der Waals surface area contributed by atoms with Crippen LogP contribution in [0.1, 0.15) is 37.0 Å². The second-order valence-corrected chi connectivity index (χ2v) is 7.83. The van der Waals surface area contributed by atoms with Gasteiger partial charge in [0.05, 0.1) is 5.57 Å². The molecule has 32 heavy (non-hydrogen) atoms. The number of hydrogen-bond donors (Lipinski definition) is 1. The first-order valence-corrected chi connectivity index (χ1v) is 10.9. The predicted molar refractivity (Wildman–Crippen MR) is 118 cm³/mol. The summed E-state index contributed by atoms with van der Waals surface area (Å²) in [4.78, 5) is 29.7. The minimum atomic E-state index is -0.799. The molecule has 1 aromatic heterocycles. The van der Waals surface area contributed by atoms with Crippen LogP contribution in [0.3, 0.4) is 0 Å². The number of likely N-dealkylation sites (N-methyl/N-ethyl adjacent to an activating group) is 1. The molecule has 170 valence electrons. The quantitative estimate of drug-likeness (QED) is 0.402. The maximum Gasteiger partial charge on any atom is 0.295 e. The van der Waals surface area contributed by atoms with E-state index in [1.54, 1.807) is 37.3 Å². The van der Waals surface area contributed by atoms with Crippen molar-refractivity contribution in [3.05, 3.63) is 53.0 Å². The maximum atomic E-state index is 13.1. The molecule has 8 heteroatoms. The van der Waals surface area contributed by atoms with Gasteiger partial charge in [-0.15, -0.1) is 0 Å². The lowest BCUT2D eigenvalue weighted by Gasteiger charge is -2.26. The number of carbonyl (C=O) groups is 2. The molecule has 1 atom stereocenters. The van der Waals surface area contributed by atoms with Gasteiger partial charge in [0.2, 0.25) is 0 Å². The molecule has 8 nitrogen and oxygen atoms in total. The van der Waals surface area contributed by atoms with Crippen LogP contribution < -0.4 is 9.47 Å². The SMILES string of the molecule is CCN(CC)CCN1C(=O)C(=O)/C(=C(\O)c2ccc3c(c2)OCCO3)C1c1ccc(C)o1. The Morgan fingerprint density at radius 3 is 2.47 bits per heavy atom. The number of Topliss-reactive ketones (excluding diaryl/α,β-unsaturated/α-hetero) is 1. The number of nitrogens with zero attached hydrogens (tertiary/aromatic N) is 2. The lowest BCUT2D eigenvalue weighted by molar-refractivity contribution is -0.140. The average molecular weight is 440 g/mol. The number of rotatable bonds is 7. The van der Waals surface area contributed by atoms with Crippen LogP contribution >= 0.6 is 0 Å². The normalized spacial score (nSPS) is 19.8. The molecule has 2 aliphatic heterocycles. The first-order valence-electron chi connectivity index (χ1n) is 10.9. The minimum Gasteiger partial charge on any atom is -0.507 e. The second-order valence-electron chi connectivity index (χ2n) is 7.83. The summed E-state index contributed by atoms with van der Waals surface area (Å²) in [5.41, 5.74) is 0.393. The van der Waals surface area contributed by atoms with Gasteiger partial charge in [-0.3, -0.25) is 9.59 Å². The summed E-state index contributed by atoms with van der Waals surface area (Å²) in [5, 5.41) is 11.2. The summed E-state index contributed by atoms with van der Waals surface area (Å²) in [6.07, 6.45) is 0. The van der Waals surface area contributed by atoms with E-state index in [1.807, 2.05) is 13.8 Å². The van der Waals surface area contributed by atoms with Gasteiger partial charge in [0.25, 0.3) is 11.7 Å². The van der Waals surface area contributed by atoms with Crippen molar-refractivity contribution in [3.8, 4) is 11.5 Å². The lowest BCUT2D eigenvalue weighted by atomic mass is 9.99. The highest BCUT2D eigenvalue weighted by atomic mass is 16.6. The first-order chi connectivity index (χ1) is 15.4. The molecule has 1 N–H and O–H groups in total. The largest absolute Gasteiger partial charge is 0.507 e. The Morgan fingerprint density at radius 2 is 1.81 bits per heavy atom. The van der Waals surface area contributed by atoms with Crippen molar-refractivity contribution in [1.29, 1.82) is 0 Å². The van der Waals surface area contributed by atoms with E-state index in [0.29, 0.717) is 54.9 Å². The number of aryl methyl sites for hydroxylation is 1. The Morgan fingerprint density at radius 1 is 1.09 bits per heavy atom. The highest BCUT2D eigenvalue weighted by molar-refractivity contribution is 6.46. The summed E-state index contributed by atoms with van der Waals surface area (Å²) in [7, 11) is 0. The Hall–Kier alpha value is -3.26. The molecule has 3 heterocycles. The minimum absolute atomic E-state index is 0.0144. The number of carbonyl (C=O) groups excluding carboxylic acids is 2. The van der Waals surface area contributed by atoms with Crippen molar-refractivity contribution in [2.75, 3.05) is 39.4 Å². The highest BCUT2D eigenvalue weighted by Crippen LogP contribution is 2.41. The van der Waals surface area contributed by atoms with E-state index < -0.39 is 17.7 Å². The number of likely N-dealkylation sites (tertiary alicyclic amines) is 1. The van der Waals surface area contributed by atoms with Gasteiger partial charge in [-0.25, -0.2) is 0 Å². The zero-order valence-electron chi connectivity index (χ0n) is 18.6. The van der Waals surface area contributed by atoms with Crippen molar-refractivity contribution in [3.63, 3.8) is 0 Å². The van der Waals surface area contributed by atoms with E-state index >= 15 is 0 Å². The van der Waals surface area contributed by atoms with Crippen molar-refractivity contribution in [2.45, 2.75) is 26.8 Å². The zero-order chi connectivity index (χ0) is 22.8. The number of hydrogen-bond acceptors (Lipinski definition) is 7. The third-order valence-corrected chi connectivity index (χ3v) is 5.94. The van der Waals surface area contributed by atoms with Gasteiger partial charge in [-0.1, -0.05) is 13.8 Å². The van der Waals surface area contributed by atoms with Gasteiger partial charge in [0, 0.05) is 18.7 Å². The standard InChI is InChI=1S/C24H28N2O6/c1-4-25(5-2)10-11-26-21(18-8-6-15(3)32-18)20(23(28)24(26)29)22(27)16-7-9-17-19(14-16)31-13-12-30-17/h6-9,14,21,27H,4-5,10-13H2,1-3H3/b22-20-. The Kier molecular flexibility index (Phi) is 6.23. The molecule has 2 aromatic rings. The van der Waals surface area contributed by atoms with E-state index in [9.17, 15) is 14.7 Å². The summed E-state index contributed by atoms with van der Waals surface area (Å²) >= 11 is 0. The van der Waals surface area contributed by atoms with Crippen LogP contribution in [0.4, 0.5) is 0 Å². The molecule has 2 aliphatic rings. The molecular formula is C24H28N2O6. The zero-order valence-corrected chi connectivity index (χ0v) is 18.6. The van der Waals surface area contributed by atoms with Crippen molar-refractivity contribution >= 4 is 17.4 Å². The van der Waals surface area contributed by atoms with Crippen molar-refractivity contribution in [2.24, 2.45) is 0 Å². The Labute approximate surface area is 187 Å². The lowest BCUT2D eigenvalue weighted by Crippen LogP contribution is -2.37. The van der Waals surface area contributed by atoms with Gasteiger partial charge in [-0.2, -0.15) is 0 Å². The van der Waals surface area contributed by atoms with E-state index in [2.05, 4.69) is 4.90 Å². The number of benzene rings is 1. The number of ether oxygens (including phenoxy) is 2. The first kappa shape index (κ1) is 22.0. The molecule has 1 fully saturated rings. The van der Waals surface area contributed by atoms with E-state index in [4.69, 9.17) is 13.9 Å². The van der Waals surface area contributed by atoms with E-state index in [1.165, 1.54) is 4.90 Å². The summed E-state index contributed by atoms with van der Waals surface area (Å²) < 4.78 is 17.0. The number of aliphatic hydroxyl groups is 1. The van der Waals surface area contributed by atoms with Crippen LogP contribution in [-0.4, -0.2) is 66.0 Å². The molecule has 1 aromatic carbocycles. The molecule has 0 bridgehead atoms. The number of amides is 1. The molecule has 0 aliphatic carbocycles. The molecule has 1 unspecified atom stereocenters. The van der Waals surface area contributed by atoms with Crippen LogP contribution in [0.15, 0.2) is 40.3 Å². The molecule has 0 spiro atoms. The van der Waals surface area contributed by atoms with Crippen molar-refractivity contribution in [1.82, 2.24) is 9.80 Å². The molecular weight excluding hydrogens is 412 g/mol. The summed E-state index contributed by atoms with van der Waals surface area (Å²) in [6.45, 7) is 9.37. The number of ketones is 1. The Bertz CT molecular complexity index is 1050. The van der Waals surface area contributed by atoms with Gasteiger partial charge in [-0.05, 0) is 50.3 Å². The third kappa shape index (κ3) is 3.98. The van der Waals surface area contributed by atoms with E-state index in [0.717, 1.165) is 13.1 Å². The van der Waals surface area contributed by atoms with Gasteiger partial charge in [0.1, 0.15) is 36.5 Å². The fraction of sp³-hybridized carbons (Fsp3) is 0.417. The van der Waals surface area contributed by atoms with Crippen LogP contribution in [0.25, 0.3) is 5.76 Å². The number of aliphatic hydroxyl groups excluding tert-OH is 1. The Balaban J connectivity index is 1.76. The van der Waals surface area contributed by atoms with Gasteiger partial charge in [0.15, 0.2) is 11.5 Å². The highest BCUT2D eigenvalue weighted by Gasteiger charge is 2.47. The fourth-order valence-corrected chi connectivity index (χ4v) is 4.14. The molecule has 0 saturated carbocycles. The van der Waals surface area contributed by atoms with Gasteiger partial charge < -0.3 is 28.8 Å². The van der Waals surface area contributed by atoms with Gasteiger partial charge >= 0.3 is 0 Å². The molecule has 1 saturated heterocycles. The van der Waals surface area contributed by atoms with E-state index in [-0.39, 0.29) is 11.3 Å². The number of fused-ring (bicyclic) bond motifs is 1. The third-order valence-electron chi connectivity index (χ3n) is 5.94. The summed E-state index contributed by atoms with van der Waals surface area (Å²) in [6, 6.07) is 7.69. The molecule has 1 amide bonds. The summed E-state index contributed by atoms with van der Waals surface area (Å²) in [5.74, 6) is 0.539. The monoisotopic (exact) mass is 440 g/mol. The van der Waals surface area contributed by atoms with Crippen LogP contribution in [-0.2, 0) is 9.59 Å². The smallest absolute Gasteiger partial charge is 0.295 e. The molecule has 4 rings (SSSR count). The van der Waals surface area contributed by atoms with Crippen LogP contribution in [0.5, 0.6) is 11.5 Å². The topological polar surface area (TPSA) is 92.5 Å². The molecule has 0 radical (unpaired) electrons. The maximum absolute atomic E-state index is 13.1. The fourth-order valence-electron chi connectivity index (χ4n) is 4.14.